The third-order valence-electron chi connectivity index (χ3n) is 2.77. The molecule has 0 spiro atoms. The molecular weight excluding hydrogens is 234 g/mol. The molecule has 7 heteroatoms. The Bertz CT molecular complexity index is 334. The van der Waals surface area contributed by atoms with Crippen molar-refractivity contribution >= 4 is 16.0 Å². The van der Waals surface area contributed by atoms with Gasteiger partial charge in [-0.25, -0.2) is 17.9 Å². The zero-order valence-corrected chi connectivity index (χ0v) is 10.00. The van der Waals surface area contributed by atoms with Gasteiger partial charge >= 0.3 is 5.97 Å². The number of methoxy groups -OCH3 is 1. The van der Waals surface area contributed by atoms with E-state index in [4.69, 9.17) is 5.11 Å². The van der Waals surface area contributed by atoms with E-state index in [2.05, 4.69) is 9.46 Å². The number of sulfonamides is 1. The van der Waals surface area contributed by atoms with Crippen LogP contribution < -0.4 is 4.72 Å². The summed E-state index contributed by atoms with van der Waals surface area (Å²) in [5.74, 6) is -1.17. The lowest BCUT2D eigenvalue weighted by atomic mass is 10.4. The van der Waals surface area contributed by atoms with Gasteiger partial charge < -0.3 is 9.84 Å². The van der Waals surface area contributed by atoms with Crippen molar-refractivity contribution in [2.75, 3.05) is 13.7 Å². The number of aliphatic carboxylic acids is 1. The van der Waals surface area contributed by atoms with Gasteiger partial charge in [-0.05, 0) is 12.8 Å². The van der Waals surface area contributed by atoms with E-state index in [0.29, 0.717) is 12.8 Å². The van der Waals surface area contributed by atoms with Crippen LogP contribution in [0.4, 0.5) is 0 Å². The predicted octanol–water partition coefficient (Wildman–Crippen LogP) is -0.0520. The fourth-order valence-electron chi connectivity index (χ4n) is 1.78. The summed E-state index contributed by atoms with van der Waals surface area (Å²) in [5.41, 5.74) is 0. The van der Waals surface area contributed by atoms with E-state index in [0.717, 1.165) is 12.8 Å². The SMILES string of the molecule is COC(CNS(=O)(=O)C1CCCC1)C(=O)O. The van der Waals surface area contributed by atoms with Crippen LogP contribution >= 0.6 is 0 Å². The molecule has 1 atom stereocenters. The summed E-state index contributed by atoms with van der Waals surface area (Å²) in [6, 6.07) is 0. The lowest BCUT2D eigenvalue weighted by Crippen LogP contribution is -2.41. The van der Waals surface area contributed by atoms with E-state index in [1.807, 2.05) is 0 Å². The molecule has 0 aromatic heterocycles. The number of carboxylic acids is 1. The number of carbonyl (C=O) groups is 1. The van der Waals surface area contributed by atoms with Crippen molar-refractivity contribution in [3.63, 3.8) is 0 Å². The summed E-state index contributed by atoms with van der Waals surface area (Å²) in [6.07, 6.45) is 2.01. The maximum Gasteiger partial charge on any atom is 0.334 e. The largest absolute Gasteiger partial charge is 0.479 e. The first-order chi connectivity index (χ1) is 7.47. The Morgan fingerprint density at radius 3 is 2.50 bits per heavy atom. The lowest BCUT2D eigenvalue weighted by molar-refractivity contribution is -0.147. The maximum absolute atomic E-state index is 11.7. The Balaban J connectivity index is 2.49. The van der Waals surface area contributed by atoms with Gasteiger partial charge in [-0.2, -0.15) is 0 Å². The van der Waals surface area contributed by atoms with Crippen LogP contribution in [0.15, 0.2) is 0 Å². The first kappa shape index (κ1) is 13.4. The number of carboxylic acid groups (broad SMARTS) is 1. The van der Waals surface area contributed by atoms with Gasteiger partial charge in [0.25, 0.3) is 0 Å². The first-order valence-corrected chi connectivity index (χ1v) is 6.76. The second-order valence-corrected chi connectivity index (χ2v) is 5.91. The molecule has 6 nitrogen and oxygen atoms in total. The van der Waals surface area contributed by atoms with Crippen LogP contribution in [0.3, 0.4) is 0 Å². The molecule has 0 aliphatic heterocycles. The molecular formula is C9H17NO5S. The van der Waals surface area contributed by atoms with Gasteiger partial charge in [0.15, 0.2) is 6.10 Å². The van der Waals surface area contributed by atoms with E-state index < -0.39 is 22.1 Å². The van der Waals surface area contributed by atoms with Crippen molar-refractivity contribution in [3.8, 4) is 0 Å². The molecule has 16 heavy (non-hydrogen) atoms. The fourth-order valence-corrected chi connectivity index (χ4v) is 3.35. The lowest BCUT2D eigenvalue weighted by Gasteiger charge is -2.15. The Kier molecular flexibility index (Phi) is 4.69. The van der Waals surface area contributed by atoms with Crippen molar-refractivity contribution in [3.05, 3.63) is 0 Å². The molecule has 0 saturated heterocycles. The third kappa shape index (κ3) is 3.43. The minimum Gasteiger partial charge on any atom is -0.479 e. The molecule has 1 unspecified atom stereocenters. The second kappa shape index (κ2) is 5.60. The van der Waals surface area contributed by atoms with E-state index in [-0.39, 0.29) is 11.8 Å². The van der Waals surface area contributed by atoms with E-state index in [9.17, 15) is 13.2 Å². The molecule has 1 aliphatic carbocycles. The summed E-state index contributed by atoms with van der Waals surface area (Å²) in [7, 11) is -2.15. The molecule has 94 valence electrons. The molecule has 2 N–H and O–H groups in total. The maximum atomic E-state index is 11.7. The predicted molar refractivity (Wildman–Crippen MR) is 57.6 cm³/mol. The molecule has 0 radical (unpaired) electrons. The van der Waals surface area contributed by atoms with Gasteiger partial charge in [0.1, 0.15) is 0 Å². The molecule has 0 aromatic carbocycles. The minimum atomic E-state index is -3.39. The number of ether oxygens (including phenoxy) is 1. The van der Waals surface area contributed by atoms with Gasteiger partial charge in [-0.15, -0.1) is 0 Å². The Morgan fingerprint density at radius 2 is 2.06 bits per heavy atom. The van der Waals surface area contributed by atoms with E-state index in [1.54, 1.807) is 0 Å². The Hall–Kier alpha value is -0.660. The average molecular weight is 251 g/mol. The molecule has 1 fully saturated rings. The van der Waals surface area contributed by atoms with Gasteiger partial charge in [0, 0.05) is 13.7 Å². The summed E-state index contributed by atoms with van der Waals surface area (Å²) in [4.78, 5) is 10.6. The summed E-state index contributed by atoms with van der Waals surface area (Å²) >= 11 is 0. The summed E-state index contributed by atoms with van der Waals surface area (Å²) in [6.45, 7) is -0.218. The number of rotatable bonds is 6. The Labute approximate surface area is 95.0 Å². The molecule has 0 bridgehead atoms. The zero-order chi connectivity index (χ0) is 12.2. The topological polar surface area (TPSA) is 92.7 Å². The van der Waals surface area contributed by atoms with Crippen LogP contribution in [-0.4, -0.2) is 44.5 Å². The molecule has 1 aliphatic rings. The number of hydrogen-bond acceptors (Lipinski definition) is 4. The van der Waals surface area contributed by atoms with Crippen LogP contribution in [0.5, 0.6) is 0 Å². The van der Waals surface area contributed by atoms with Gasteiger partial charge in [-0.3, -0.25) is 0 Å². The zero-order valence-electron chi connectivity index (χ0n) is 9.18. The standard InChI is InChI=1S/C9H17NO5S/c1-15-8(9(11)12)6-10-16(13,14)7-4-2-3-5-7/h7-8,10H,2-6H2,1H3,(H,11,12). The highest BCUT2D eigenvalue weighted by atomic mass is 32.2. The van der Waals surface area contributed by atoms with Crippen molar-refractivity contribution in [2.24, 2.45) is 0 Å². The molecule has 0 heterocycles. The van der Waals surface area contributed by atoms with Crippen molar-refractivity contribution < 1.29 is 23.1 Å². The van der Waals surface area contributed by atoms with E-state index in [1.165, 1.54) is 7.11 Å². The second-order valence-electron chi connectivity index (χ2n) is 3.86. The fraction of sp³-hybridized carbons (Fsp3) is 0.889. The smallest absolute Gasteiger partial charge is 0.334 e. The quantitative estimate of drug-likeness (QED) is 0.690. The van der Waals surface area contributed by atoms with Crippen LogP contribution in [0, 0.1) is 0 Å². The molecule has 1 rings (SSSR count). The van der Waals surface area contributed by atoms with Crippen molar-refractivity contribution in [2.45, 2.75) is 37.0 Å². The minimum absolute atomic E-state index is 0.218. The monoisotopic (exact) mass is 251 g/mol. The van der Waals surface area contributed by atoms with Gasteiger partial charge in [0.2, 0.25) is 10.0 Å². The first-order valence-electron chi connectivity index (χ1n) is 5.21. The van der Waals surface area contributed by atoms with Gasteiger partial charge in [-0.1, -0.05) is 12.8 Å². The van der Waals surface area contributed by atoms with Crippen LogP contribution in [0.2, 0.25) is 0 Å². The summed E-state index contributed by atoms with van der Waals surface area (Å²) in [5, 5.41) is 8.30. The number of nitrogens with one attached hydrogen (secondary N) is 1. The van der Waals surface area contributed by atoms with Crippen LogP contribution in [0.25, 0.3) is 0 Å². The van der Waals surface area contributed by atoms with Crippen molar-refractivity contribution in [1.29, 1.82) is 0 Å². The highest BCUT2D eigenvalue weighted by molar-refractivity contribution is 7.90. The highest BCUT2D eigenvalue weighted by Gasteiger charge is 2.29. The normalized spacial score (nSPS) is 19.8. The van der Waals surface area contributed by atoms with Gasteiger partial charge in [0.05, 0.1) is 5.25 Å². The summed E-state index contributed by atoms with van der Waals surface area (Å²) < 4.78 is 30.4. The molecule has 0 aromatic rings. The van der Waals surface area contributed by atoms with Crippen molar-refractivity contribution in [1.82, 2.24) is 4.72 Å². The number of hydrogen-bond donors (Lipinski definition) is 2. The van der Waals surface area contributed by atoms with E-state index >= 15 is 0 Å². The molecule has 1 saturated carbocycles. The van der Waals surface area contributed by atoms with Crippen LogP contribution in [-0.2, 0) is 19.6 Å². The average Bonchev–Trinajstić information content (AvgIpc) is 2.71. The van der Waals surface area contributed by atoms with Crippen LogP contribution in [0.1, 0.15) is 25.7 Å². The molecule has 0 amide bonds. The highest BCUT2D eigenvalue weighted by Crippen LogP contribution is 2.23. The third-order valence-corrected chi connectivity index (χ3v) is 4.69. The Morgan fingerprint density at radius 1 is 1.50 bits per heavy atom.